The molecule has 0 aliphatic heterocycles. The fourth-order valence-corrected chi connectivity index (χ4v) is 2.16. The van der Waals surface area contributed by atoms with Crippen molar-refractivity contribution in [1.82, 2.24) is 4.72 Å². The van der Waals surface area contributed by atoms with Crippen LogP contribution in [0, 0.1) is 0 Å². The van der Waals surface area contributed by atoms with Gasteiger partial charge in [-0.3, -0.25) is 4.72 Å². The third-order valence-corrected chi connectivity index (χ3v) is 2.91. The molecule has 86 valence electrons. The van der Waals surface area contributed by atoms with E-state index in [9.17, 15) is 0 Å². The van der Waals surface area contributed by atoms with Gasteiger partial charge in [-0.2, -0.15) is 0 Å². The van der Waals surface area contributed by atoms with Crippen LogP contribution in [0.1, 0.15) is 13.8 Å². The molecule has 0 bridgehead atoms. The maximum atomic E-state index is 5.89. The molecule has 0 aliphatic carbocycles. The summed E-state index contributed by atoms with van der Waals surface area (Å²) in [4.78, 5) is 1.21. The van der Waals surface area contributed by atoms with Crippen molar-refractivity contribution in [3.8, 4) is 0 Å². The number of anilines is 1. The van der Waals surface area contributed by atoms with E-state index in [1.807, 2.05) is 45.2 Å². The van der Waals surface area contributed by atoms with Gasteiger partial charge in [0, 0.05) is 16.0 Å². The third kappa shape index (κ3) is 2.68. The minimum atomic E-state index is 0.834. The summed E-state index contributed by atoms with van der Waals surface area (Å²) in [7, 11) is 1.91. The molecule has 0 amide bonds. The van der Waals surface area contributed by atoms with E-state index in [2.05, 4.69) is 16.9 Å². The van der Waals surface area contributed by atoms with Gasteiger partial charge in [0.15, 0.2) is 0 Å². The van der Waals surface area contributed by atoms with Crippen molar-refractivity contribution >= 4 is 28.4 Å². The molecule has 2 aromatic carbocycles. The molecule has 0 heterocycles. The molecule has 16 heavy (non-hydrogen) atoms. The zero-order valence-corrected chi connectivity index (χ0v) is 10.8. The molecule has 2 aromatic rings. The van der Waals surface area contributed by atoms with E-state index in [0.29, 0.717) is 0 Å². The molecule has 0 unspecified atom stereocenters. The highest BCUT2D eigenvalue weighted by Gasteiger charge is 2.01. The van der Waals surface area contributed by atoms with Crippen LogP contribution in [0.4, 0.5) is 5.69 Å². The summed E-state index contributed by atoms with van der Waals surface area (Å²) >= 11 is 1.61. The Morgan fingerprint density at radius 1 is 1.00 bits per heavy atom. The summed E-state index contributed by atoms with van der Waals surface area (Å²) in [5.74, 6) is 0. The van der Waals surface area contributed by atoms with Gasteiger partial charge >= 0.3 is 0 Å². The van der Waals surface area contributed by atoms with Crippen molar-refractivity contribution in [2.75, 3.05) is 12.8 Å². The van der Waals surface area contributed by atoms with Gasteiger partial charge in [0.05, 0.1) is 0 Å². The Kier molecular flexibility index (Phi) is 5.15. The zero-order valence-electron chi connectivity index (χ0n) is 9.95. The van der Waals surface area contributed by atoms with E-state index in [1.54, 1.807) is 11.9 Å². The lowest BCUT2D eigenvalue weighted by Gasteiger charge is -2.06. The first-order valence-electron chi connectivity index (χ1n) is 5.43. The van der Waals surface area contributed by atoms with Crippen LogP contribution in [0.25, 0.3) is 10.8 Å². The predicted octanol–water partition coefficient (Wildman–Crippen LogP) is 3.67. The summed E-state index contributed by atoms with van der Waals surface area (Å²) in [5, 5.41) is 2.32. The van der Waals surface area contributed by atoms with E-state index in [0.717, 1.165) is 11.1 Å². The maximum absolute atomic E-state index is 5.89. The molecular formula is C13H18N2S. The fraction of sp³-hybridized carbons (Fsp3) is 0.231. The normalized spacial score (nSPS) is 9.69. The Morgan fingerprint density at radius 2 is 1.62 bits per heavy atom. The number of nitrogens with one attached hydrogen (secondary N) is 1. The van der Waals surface area contributed by atoms with E-state index in [-0.39, 0.29) is 0 Å². The van der Waals surface area contributed by atoms with Gasteiger partial charge in [-0.25, -0.2) is 0 Å². The first-order chi connectivity index (χ1) is 7.83. The molecule has 0 spiro atoms. The fourth-order valence-electron chi connectivity index (χ4n) is 1.50. The number of hydrogen-bond acceptors (Lipinski definition) is 3. The topological polar surface area (TPSA) is 38.0 Å². The van der Waals surface area contributed by atoms with Crippen molar-refractivity contribution in [2.24, 2.45) is 0 Å². The van der Waals surface area contributed by atoms with Crippen LogP contribution in [0.2, 0.25) is 0 Å². The molecule has 0 saturated carbocycles. The molecular weight excluding hydrogens is 216 g/mol. The summed E-state index contributed by atoms with van der Waals surface area (Å²) in [6, 6.07) is 12.2. The second kappa shape index (κ2) is 6.40. The average molecular weight is 234 g/mol. The molecule has 2 rings (SSSR count). The summed E-state index contributed by atoms with van der Waals surface area (Å²) in [6.45, 7) is 4.00. The van der Waals surface area contributed by atoms with Crippen LogP contribution in [-0.2, 0) is 0 Å². The standard InChI is InChI=1S/C11H12N2S.C2H6/c1-13-14-11-7-3-4-8-9(11)5-2-6-10(8)12;1-2/h2-7,13H,12H2,1H3;1-2H3. The Hall–Kier alpha value is -1.19. The molecule has 0 aliphatic rings. The van der Waals surface area contributed by atoms with Crippen LogP contribution in [0.15, 0.2) is 41.3 Å². The molecule has 2 nitrogen and oxygen atoms in total. The van der Waals surface area contributed by atoms with Gasteiger partial charge < -0.3 is 5.73 Å². The monoisotopic (exact) mass is 234 g/mol. The quantitative estimate of drug-likeness (QED) is 0.615. The lowest BCUT2D eigenvalue weighted by atomic mass is 10.1. The van der Waals surface area contributed by atoms with Gasteiger partial charge in [-0.1, -0.05) is 38.1 Å². The highest BCUT2D eigenvalue weighted by molar-refractivity contribution is 7.97. The minimum absolute atomic E-state index is 0.834. The van der Waals surface area contributed by atoms with Crippen molar-refractivity contribution in [2.45, 2.75) is 18.7 Å². The summed E-state index contributed by atoms with van der Waals surface area (Å²) in [5.41, 5.74) is 6.73. The van der Waals surface area contributed by atoms with Gasteiger partial charge in [0.25, 0.3) is 0 Å². The zero-order chi connectivity index (χ0) is 12.0. The van der Waals surface area contributed by atoms with Gasteiger partial charge in [0.1, 0.15) is 0 Å². The first kappa shape index (κ1) is 12.9. The predicted molar refractivity (Wildman–Crippen MR) is 74.6 cm³/mol. The Balaban J connectivity index is 0.000000606. The molecule has 0 fully saturated rings. The molecule has 0 radical (unpaired) electrons. The van der Waals surface area contributed by atoms with E-state index < -0.39 is 0 Å². The first-order valence-corrected chi connectivity index (χ1v) is 6.25. The second-order valence-electron chi connectivity index (χ2n) is 3.00. The largest absolute Gasteiger partial charge is 0.398 e. The average Bonchev–Trinajstić information content (AvgIpc) is 2.34. The summed E-state index contributed by atoms with van der Waals surface area (Å²) < 4.78 is 3.07. The number of rotatable bonds is 2. The maximum Gasteiger partial charge on any atom is 0.0394 e. The van der Waals surface area contributed by atoms with Gasteiger partial charge in [0.2, 0.25) is 0 Å². The molecule has 0 aromatic heterocycles. The second-order valence-corrected chi connectivity index (χ2v) is 4.06. The Labute approximate surface area is 101 Å². The summed E-state index contributed by atoms with van der Waals surface area (Å²) in [6.07, 6.45) is 0. The molecule has 0 atom stereocenters. The molecule has 3 heteroatoms. The van der Waals surface area contributed by atoms with Gasteiger partial charge in [-0.05, 0) is 36.5 Å². The highest BCUT2D eigenvalue weighted by Crippen LogP contribution is 2.28. The Morgan fingerprint density at radius 3 is 2.31 bits per heavy atom. The third-order valence-electron chi connectivity index (χ3n) is 2.13. The number of benzene rings is 2. The minimum Gasteiger partial charge on any atom is -0.398 e. The van der Waals surface area contributed by atoms with Gasteiger partial charge in [-0.15, -0.1) is 0 Å². The SMILES string of the molecule is CC.CNSc1cccc2c(N)cccc12. The highest BCUT2D eigenvalue weighted by atomic mass is 32.2. The number of hydrogen-bond donors (Lipinski definition) is 2. The van der Waals surface area contributed by atoms with Crippen molar-refractivity contribution in [3.63, 3.8) is 0 Å². The van der Waals surface area contributed by atoms with E-state index in [4.69, 9.17) is 5.73 Å². The smallest absolute Gasteiger partial charge is 0.0394 e. The number of nitrogen functional groups attached to an aromatic ring is 1. The van der Waals surface area contributed by atoms with Crippen LogP contribution < -0.4 is 10.5 Å². The van der Waals surface area contributed by atoms with Crippen LogP contribution in [-0.4, -0.2) is 7.05 Å². The number of nitrogens with two attached hydrogens (primary N) is 1. The van der Waals surface area contributed by atoms with Crippen LogP contribution in [0.3, 0.4) is 0 Å². The number of fused-ring (bicyclic) bond motifs is 1. The molecule has 3 N–H and O–H groups in total. The molecule has 0 saturated heterocycles. The van der Waals surface area contributed by atoms with Crippen molar-refractivity contribution in [3.05, 3.63) is 36.4 Å². The van der Waals surface area contributed by atoms with Crippen molar-refractivity contribution < 1.29 is 0 Å². The van der Waals surface area contributed by atoms with Crippen LogP contribution >= 0.6 is 11.9 Å². The lowest BCUT2D eigenvalue weighted by molar-refractivity contribution is 1.29. The van der Waals surface area contributed by atoms with Crippen molar-refractivity contribution in [1.29, 1.82) is 0 Å². The van der Waals surface area contributed by atoms with E-state index in [1.165, 1.54) is 10.3 Å². The lowest BCUT2D eigenvalue weighted by Crippen LogP contribution is -1.92. The van der Waals surface area contributed by atoms with Crippen LogP contribution in [0.5, 0.6) is 0 Å². The Bertz CT molecular complexity index is 455. The van der Waals surface area contributed by atoms with E-state index >= 15 is 0 Å².